The predicted octanol–water partition coefficient (Wildman–Crippen LogP) is 4.44. The van der Waals surface area contributed by atoms with Gasteiger partial charge in [-0.2, -0.15) is 0 Å². The van der Waals surface area contributed by atoms with Crippen LogP contribution in [0.5, 0.6) is 5.75 Å². The van der Waals surface area contributed by atoms with Gasteiger partial charge in [-0.05, 0) is 37.6 Å². The fourth-order valence-electron chi connectivity index (χ4n) is 3.15. The molecule has 1 amide bonds. The van der Waals surface area contributed by atoms with Gasteiger partial charge in [-0.15, -0.1) is 0 Å². The van der Waals surface area contributed by atoms with Gasteiger partial charge in [-0.25, -0.2) is 4.98 Å². The van der Waals surface area contributed by atoms with E-state index in [9.17, 15) is 4.79 Å². The molecule has 0 saturated carbocycles. The van der Waals surface area contributed by atoms with Gasteiger partial charge >= 0.3 is 0 Å². The summed E-state index contributed by atoms with van der Waals surface area (Å²) in [6.07, 6.45) is 1.69. The molecule has 0 aliphatic heterocycles. The highest BCUT2D eigenvalue weighted by molar-refractivity contribution is 5.94. The molecule has 0 fully saturated rings. The molecule has 3 aromatic rings. The lowest BCUT2D eigenvalue weighted by atomic mass is 10.1. The Morgan fingerprint density at radius 3 is 2.52 bits per heavy atom. The van der Waals surface area contributed by atoms with E-state index in [-0.39, 0.29) is 11.9 Å². The molecule has 0 saturated heterocycles. The van der Waals surface area contributed by atoms with Gasteiger partial charge in [0.1, 0.15) is 11.6 Å². The summed E-state index contributed by atoms with van der Waals surface area (Å²) >= 11 is 0. The molecule has 3 rings (SSSR count). The molecule has 150 valence electrons. The smallest absolute Gasteiger partial charge is 0.251 e. The second-order valence-corrected chi connectivity index (χ2v) is 7.10. The second-order valence-electron chi connectivity index (χ2n) is 7.10. The minimum Gasteiger partial charge on any atom is -0.496 e. The van der Waals surface area contributed by atoms with Crippen LogP contribution in [0, 0.1) is 0 Å². The normalized spacial score (nSPS) is 10.6. The van der Waals surface area contributed by atoms with Crippen LogP contribution in [0.25, 0.3) is 0 Å². The molecule has 5 nitrogen and oxygen atoms in total. The van der Waals surface area contributed by atoms with Gasteiger partial charge in [-0.3, -0.25) is 4.79 Å². The van der Waals surface area contributed by atoms with E-state index in [1.807, 2.05) is 48.5 Å². The van der Waals surface area contributed by atoms with Crippen LogP contribution in [0.15, 0.2) is 72.9 Å². The lowest BCUT2D eigenvalue weighted by Crippen LogP contribution is -2.31. The van der Waals surface area contributed by atoms with Gasteiger partial charge in [0.25, 0.3) is 5.91 Å². The highest BCUT2D eigenvalue weighted by Gasteiger charge is 2.15. The molecule has 1 aromatic heterocycles. The Balaban J connectivity index is 1.74. The monoisotopic (exact) mass is 389 g/mol. The molecular weight excluding hydrogens is 362 g/mol. The number of anilines is 1. The molecular formula is C24H27N3O2. The Hall–Kier alpha value is -3.34. The summed E-state index contributed by atoms with van der Waals surface area (Å²) in [5.41, 5.74) is 2.73. The maximum absolute atomic E-state index is 12.7. The van der Waals surface area contributed by atoms with E-state index >= 15 is 0 Å². The van der Waals surface area contributed by atoms with Crippen LogP contribution in [0.4, 0.5) is 5.82 Å². The molecule has 0 unspecified atom stereocenters. The molecule has 1 N–H and O–H groups in total. The third-order valence-corrected chi connectivity index (χ3v) is 4.75. The molecule has 0 radical (unpaired) electrons. The number of hydrogen-bond donors (Lipinski definition) is 1. The van der Waals surface area contributed by atoms with Gasteiger partial charge in [-0.1, -0.05) is 48.5 Å². The van der Waals surface area contributed by atoms with Crippen molar-refractivity contribution in [3.05, 3.63) is 89.6 Å². The average Bonchev–Trinajstić information content (AvgIpc) is 2.76. The van der Waals surface area contributed by atoms with Crippen molar-refractivity contribution >= 4 is 11.7 Å². The SMILES string of the molecule is COc1ccccc1CNC(=O)c1ccnc(N(Cc2ccccc2)C(C)C)c1. The molecule has 0 bridgehead atoms. The van der Waals surface area contributed by atoms with Crippen molar-refractivity contribution < 1.29 is 9.53 Å². The number of nitrogens with zero attached hydrogens (tertiary/aromatic N) is 2. The number of methoxy groups -OCH3 is 1. The number of para-hydroxylation sites is 1. The van der Waals surface area contributed by atoms with Crippen molar-refractivity contribution in [2.24, 2.45) is 0 Å². The van der Waals surface area contributed by atoms with Gasteiger partial charge in [0.15, 0.2) is 0 Å². The zero-order chi connectivity index (χ0) is 20.6. The maximum Gasteiger partial charge on any atom is 0.251 e. The average molecular weight is 389 g/mol. The molecule has 0 spiro atoms. The number of aromatic nitrogens is 1. The standard InChI is InChI=1S/C24H27N3O2/c1-18(2)27(17-19-9-5-4-6-10-19)23-15-20(13-14-25-23)24(28)26-16-21-11-7-8-12-22(21)29-3/h4-15,18H,16-17H2,1-3H3,(H,26,28). The van der Waals surface area contributed by atoms with E-state index in [4.69, 9.17) is 4.74 Å². The molecule has 1 heterocycles. The van der Waals surface area contributed by atoms with E-state index in [1.54, 1.807) is 19.4 Å². The maximum atomic E-state index is 12.7. The van der Waals surface area contributed by atoms with E-state index in [1.165, 1.54) is 5.56 Å². The summed E-state index contributed by atoms with van der Waals surface area (Å²) in [5.74, 6) is 1.41. The summed E-state index contributed by atoms with van der Waals surface area (Å²) in [6.45, 7) is 5.38. The summed E-state index contributed by atoms with van der Waals surface area (Å²) in [4.78, 5) is 19.4. The van der Waals surface area contributed by atoms with Crippen molar-refractivity contribution in [2.75, 3.05) is 12.0 Å². The van der Waals surface area contributed by atoms with E-state index in [2.05, 4.69) is 41.2 Å². The molecule has 5 heteroatoms. The van der Waals surface area contributed by atoms with Gasteiger partial charge in [0.2, 0.25) is 0 Å². The van der Waals surface area contributed by atoms with Crippen molar-refractivity contribution in [3.8, 4) is 5.75 Å². The first-order valence-corrected chi connectivity index (χ1v) is 9.75. The van der Waals surface area contributed by atoms with Crippen LogP contribution >= 0.6 is 0 Å². The second kappa shape index (κ2) is 9.73. The Morgan fingerprint density at radius 1 is 1.07 bits per heavy atom. The molecule has 2 aromatic carbocycles. The van der Waals surface area contributed by atoms with Crippen molar-refractivity contribution in [1.82, 2.24) is 10.3 Å². The van der Waals surface area contributed by atoms with E-state index in [0.717, 1.165) is 23.7 Å². The van der Waals surface area contributed by atoms with Crippen molar-refractivity contribution in [1.29, 1.82) is 0 Å². The number of rotatable bonds is 8. The minimum absolute atomic E-state index is 0.136. The van der Waals surface area contributed by atoms with Crippen LogP contribution in [-0.2, 0) is 13.1 Å². The zero-order valence-corrected chi connectivity index (χ0v) is 17.1. The topological polar surface area (TPSA) is 54.5 Å². The summed E-state index contributed by atoms with van der Waals surface area (Å²) in [5, 5.41) is 2.97. The Morgan fingerprint density at radius 2 is 1.79 bits per heavy atom. The van der Waals surface area contributed by atoms with Crippen molar-refractivity contribution in [2.45, 2.75) is 33.0 Å². The van der Waals surface area contributed by atoms with Crippen LogP contribution in [0.1, 0.15) is 35.3 Å². The zero-order valence-electron chi connectivity index (χ0n) is 17.1. The fourth-order valence-corrected chi connectivity index (χ4v) is 3.15. The van der Waals surface area contributed by atoms with Gasteiger partial charge < -0.3 is 15.0 Å². The lowest BCUT2D eigenvalue weighted by Gasteiger charge is -2.28. The van der Waals surface area contributed by atoms with E-state index in [0.29, 0.717) is 12.1 Å². The van der Waals surface area contributed by atoms with Crippen LogP contribution in [-0.4, -0.2) is 24.0 Å². The quantitative estimate of drug-likeness (QED) is 0.619. The highest BCUT2D eigenvalue weighted by Crippen LogP contribution is 2.20. The minimum atomic E-state index is -0.136. The molecule has 29 heavy (non-hydrogen) atoms. The van der Waals surface area contributed by atoms with Crippen LogP contribution in [0.2, 0.25) is 0 Å². The summed E-state index contributed by atoms with van der Waals surface area (Å²) < 4.78 is 5.35. The number of amides is 1. The first-order valence-electron chi connectivity index (χ1n) is 9.75. The number of carbonyl (C=O) groups is 1. The third kappa shape index (κ3) is 5.35. The van der Waals surface area contributed by atoms with Crippen molar-refractivity contribution in [3.63, 3.8) is 0 Å². The first kappa shape index (κ1) is 20.4. The largest absolute Gasteiger partial charge is 0.496 e. The Labute approximate surface area is 172 Å². The highest BCUT2D eigenvalue weighted by atomic mass is 16.5. The number of hydrogen-bond acceptors (Lipinski definition) is 4. The van der Waals surface area contributed by atoms with Gasteiger partial charge in [0.05, 0.1) is 7.11 Å². The summed E-state index contributed by atoms with van der Waals surface area (Å²) in [7, 11) is 1.63. The number of ether oxygens (including phenoxy) is 1. The van der Waals surface area contributed by atoms with Crippen LogP contribution < -0.4 is 15.0 Å². The molecule has 0 atom stereocenters. The summed E-state index contributed by atoms with van der Waals surface area (Å²) in [6, 6.07) is 21.8. The number of pyridine rings is 1. The lowest BCUT2D eigenvalue weighted by molar-refractivity contribution is 0.0950. The first-order chi connectivity index (χ1) is 14.1. The third-order valence-electron chi connectivity index (χ3n) is 4.75. The Kier molecular flexibility index (Phi) is 6.85. The fraction of sp³-hybridized carbons (Fsp3) is 0.250. The number of benzene rings is 2. The number of carbonyl (C=O) groups excluding carboxylic acids is 1. The van der Waals surface area contributed by atoms with Gasteiger partial charge in [0, 0.05) is 36.5 Å². The van der Waals surface area contributed by atoms with Crippen LogP contribution in [0.3, 0.4) is 0 Å². The van der Waals surface area contributed by atoms with E-state index < -0.39 is 0 Å². The Bertz CT molecular complexity index is 942. The molecule has 0 aliphatic carbocycles. The molecule has 0 aliphatic rings. The predicted molar refractivity (Wildman–Crippen MR) is 116 cm³/mol. The number of nitrogens with one attached hydrogen (secondary N) is 1.